The highest BCUT2D eigenvalue weighted by Gasteiger charge is 2.31. The maximum Gasteiger partial charge on any atom is 0.336 e. The van der Waals surface area contributed by atoms with Gasteiger partial charge in [-0.3, -0.25) is 0 Å². The van der Waals surface area contributed by atoms with Gasteiger partial charge >= 0.3 is 11.6 Å². The van der Waals surface area contributed by atoms with Crippen LogP contribution in [0.3, 0.4) is 0 Å². The Hall–Kier alpha value is -3.75. The van der Waals surface area contributed by atoms with Gasteiger partial charge in [0, 0.05) is 17.5 Å². The van der Waals surface area contributed by atoms with E-state index < -0.39 is 27.7 Å². The van der Waals surface area contributed by atoms with Gasteiger partial charge in [-0.15, -0.1) is 0 Å². The van der Waals surface area contributed by atoms with Gasteiger partial charge in [0.2, 0.25) is 10.0 Å². The van der Waals surface area contributed by atoms with Gasteiger partial charge < -0.3 is 9.15 Å². The number of hydrogen-bond donors (Lipinski definition) is 1. The number of fused-ring (bicyclic) bond motifs is 1. The molecule has 0 aliphatic heterocycles. The van der Waals surface area contributed by atoms with Gasteiger partial charge in [0.25, 0.3) is 0 Å². The van der Waals surface area contributed by atoms with Crippen molar-refractivity contribution in [2.75, 3.05) is 0 Å². The summed E-state index contributed by atoms with van der Waals surface area (Å²) >= 11 is 0. The molecule has 0 amide bonds. The van der Waals surface area contributed by atoms with Crippen LogP contribution in [0, 0.1) is 12.8 Å². The van der Waals surface area contributed by atoms with E-state index in [1.165, 1.54) is 24.3 Å². The monoisotopic (exact) mass is 505 g/mol. The van der Waals surface area contributed by atoms with E-state index in [1.54, 1.807) is 31.2 Å². The van der Waals surface area contributed by atoms with Crippen LogP contribution in [0.1, 0.15) is 25.8 Å². The molecule has 0 saturated carbocycles. The minimum atomic E-state index is -3.96. The zero-order chi connectivity index (χ0) is 25.9. The van der Waals surface area contributed by atoms with Crippen molar-refractivity contribution in [1.29, 1.82) is 0 Å². The first kappa shape index (κ1) is 25.3. The van der Waals surface area contributed by atoms with Crippen molar-refractivity contribution in [3.63, 3.8) is 0 Å². The van der Waals surface area contributed by atoms with Gasteiger partial charge in [-0.2, -0.15) is 4.72 Å². The molecule has 0 fully saturated rings. The molecule has 0 unspecified atom stereocenters. The summed E-state index contributed by atoms with van der Waals surface area (Å²) in [5.41, 5.74) is 2.19. The second kappa shape index (κ2) is 10.5. The van der Waals surface area contributed by atoms with Crippen molar-refractivity contribution in [2.24, 2.45) is 5.92 Å². The van der Waals surface area contributed by atoms with Crippen LogP contribution in [0.2, 0.25) is 0 Å². The number of carbonyl (C=O) groups is 1. The van der Waals surface area contributed by atoms with Crippen molar-refractivity contribution in [3.05, 3.63) is 94.8 Å². The third-order valence-electron chi connectivity index (χ3n) is 6.10. The molecule has 0 saturated heterocycles. The van der Waals surface area contributed by atoms with Crippen LogP contribution in [-0.2, 0) is 14.8 Å². The quantitative estimate of drug-likeness (QED) is 0.204. The normalized spacial score (nSPS) is 13.3. The van der Waals surface area contributed by atoms with Gasteiger partial charge in [0.15, 0.2) is 0 Å². The molecule has 4 aromatic rings. The predicted octanol–water partition coefficient (Wildman–Crippen LogP) is 5.07. The lowest BCUT2D eigenvalue weighted by Gasteiger charge is -2.22. The number of esters is 1. The second-order valence-corrected chi connectivity index (χ2v) is 10.4. The zero-order valence-corrected chi connectivity index (χ0v) is 21.0. The molecule has 0 spiro atoms. The molecular formula is C28H27NO6S. The average molecular weight is 506 g/mol. The molecule has 0 radical (unpaired) electrons. The zero-order valence-electron chi connectivity index (χ0n) is 20.2. The molecule has 8 heteroatoms. The summed E-state index contributed by atoms with van der Waals surface area (Å²) in [6, 6.07) is 20.8. The summed E-state index contributed by atoms with van der Waals surface area (Å²) in [6.45, 7) is 5.49. The lowest BCUT2D eigenvalue weighted by molar-refractivity contribution is -0.137. The Bertz CT molecular complexity index is 1540. The van der Waals surface area contributed by atoms with Crippen LogP contribution in [0.15, 0.2) is 93.0 Å². The van der Waals surface area contributed by atoms with E-state index in [0.717, 1.165) is 11.1 Å². The number of sulfonamides is 1. The first-order valence-corrected chi connectivity index (χ1v) is 13.1. The minimum absolute atomic E-state index is 0.0649. The maximum atomic E-state index is 13.1. The van der Waals surface area contributed by atoms with Crippen molar-refractivity contribution < 1.29 is 22.4 Å². The number of nitrogens with one attached hydrogen (secondary N) is 1. The Kier molecular flexibility index (Phi) is 7.37. The van der Waals surface area contributed by atoms with E-state index in [1.807, 2.05) is 44.2 Å². The van der Waals surface area contributed by atoms with E-state index in [-0.39, 0.29) is 22.1 Å². The van der Waals surface area contributed by atoms with Gasteiger partial charge in [-0.05, 0) is 48.2 Å². The molecule has 1 aromatic heterocycles. The molecule has 1 N–H and O–H groups in total. The highest BCUT2D eigenvalue weighted by molar-refractivity contribution is 7.89. The number of ether oxygens (including phenoxy) is 1. The molecule has 3 aromatic carbocycles. The van der Waals surface area contributed by atoms with Crippen LogP contribution in [-0.4, -0.2) is 20.4 Å². The molecule has 0 aliphatic rings. The molecule has 0 aliphatic carbocycles. The lowest BCUT2D eigenvalue weighted by Crippen LogP contribution is -2.46. The topological polar surface area (TPSA) is 103 Å². The number of hydrogen-bond acceptors (Lipinski definition) is 6. The van der Waals surface area contributed by atoms with E-state index in [0.29, 0.717) is 17.4 Å². The number of benzene rings is 3. The number of carbonyl (C=O) groups excluding carboxylic acids is 1. The third-order valence-corrected chi connectivity index (χ3v) is 7.56. The fourth-order valence-electron chi connectivity index (χ4n) is 3.83. The summed E-state index contributed by atoms with van der Waals surface area (Å²) in [5, 5.41) is 0.680. The Morgan fingerprint density at radius 1 is 1.00 bits per heavy atom. The Morgan fingerprint density at radius 2 is 1.69 bits per heavy atom. The molecule has 7 nitrogen and oxygen atoms in total. The van der Waals surface area contributed by atoms with Gasteiger partial charge in [0.1, 0.15) is 17.4 Å². The van der Waals surface area contributed by atoms with E-state index in [4.69, 9.17) is 9.15 Å². The average Bonchev–Trinajstić information content (AvgIpc) is 2.87. The van der Waals surface area contributed by atoms with Crippen molar-refractivity contribution in [3.8, 4) is 16.9 Å². The highest BCUT2D eigenvalue weighted by atomic mass is 32.2. The minimum Gasteiger partial charge on any atom is -0.425 e. The smallest absolute Gasteiger partial charge is 0.336 e. The van der Waals surface area contributed by atoms with Crippen LogP contribution in [0.4, 0.5) is 0 Å². The summed E-state index contributed by atoms with van der Waals surface area (Å²) in [4.78, 5) is 25.4. The lowest BCUT2D eigenvalue weighted by atomic mass is 10.0. The maximum absolute atomic E-state index is 13.1. The Balaban J connectivity index is 1.63. The summed E-state index contributed by atoms with van der Waals surface area (Å²) < 4.78 is 39.3. The van der Waals surface area contributed by atoms with Crippen molar-refractivity contribution >= 4 is 27.0 Å². The van der Waals surface area contributed by atoms with Crippen LogP contribution >= 0.6 is 0 Å². The number of aryl methyl sites for hydroxylation is 1. The van der Waals surface area contributed by atoms with Gasteiger partial charge in [-0.1, -0.05) is 68.3 Å². The summed E-state index contributed by atoms with van der Waals surface area (Å²) in [6.07, 6.45) is 0.545. The van der Waals surface area contributed by atoms with Crippen LogP contribution < -0.4 is 15.1 Å². The molecule has 0 bridgehead atoms. The van der Waals surface area contributed by atoms with E-state index in [9.17, 15) is 18.0 Å². The fraction of sp³-hybridized carbons (Fsp3) is 0.214. The second-order valence-electron chi connectivity index (χ2n) is 8.72. The number of rotatable bonds is 8. The molecular weight excluding hydrogens is 478 g/mol. The van der Waals surface area contributed by atoms with Crippen molar-refractivity contribution in [2.45, 2.75) is 38.1 Å². The van der Waals surface area contributed by atoms with Gasteiger partial charge in [0.05, 0.1) is 4.90 Å². The Labute approximate surface area is 209 Å². The van der Waals surface area contributed by atoms with E-state index in [2.05, 4.69) is 4.72 Å². The van der Waals surface area contributed by atoms with Crippen molar-refractivity contribution in [1.82, 2.24) is 4.72 Å². The third kappa shape index (κ3) is 5.56. The largest absolute Gasteiger partial charge is 0.425 e. The first-order chi connectivity index (χ1) is 17.2. The predicted molar refractivity (Wildman–Crippen MR) is 138 cm³/mol. The molecule has 2 atom stereocenters. The SMILES string of the molecule is CC[C@@H](C)[C@@H](NS(=O)(=O)c1ccc(C)cc1)C(=O)Oc1ccc2c(-c3ccccc3)cc(=O)oc2c1. The van der Waals surface area contributed by atoms with Gasteiger partial charge in [-0.25, -0.2) is 18.0 Å². The first-order valence-electron chi connectivity index (χ1n) is 11.6. The standard InChI is InChI=1S/C28H27NO6S/c1-4-19(3)27(29-36(32,33)22-13-10-18(2)11-14-22)28(31)34-21-12-15-23-24(20-8-6-5-7-9-20)17-26(30)35-25(23)16-21/h5-17,19,27,29H,4H2,1-3H3/t19-,27-/m1/s1. The highest BCUT2D eigenvalue weighted by Crippen LogP contribution is 2.30. The Morgan fingerprint density at radius 3 is 2.36 bits per heavy atom. The molecule has 186 valence electrons. The van der Waals surface area contributed by atoms with E-state index >= 15 is 0 Å². The fourth-order valence-corrected chi connectivity index (χ4v) is 5.12. The molecule has 4 rings (SSSR count). The molecule has 1 heterocycles. The van der Waals surface area contributed by atoms with Crippen LogP contribution in [0.5, 0.6) is 5.75 Å². The summed E-state index contributed by atoms with van der Waals surface area (Å²) in [5.74, 6) is -0.939. The molecule has 36 heavy (non-hydrogen) atoms. The summed E-state index contributed by atoms with van der Waals surface area (Å²) in [7, 11) is -3.96. The van der Waals surface area contributed by atoms with Crippen LogP contribution in [0.25, 0.3) is 22.1 Å².